The normalized spacial score (nSPS) is 30.6. The molecule has 1 aromatic rings. The van der Waals surface area contributed by atoms with Crippen LogP contribution in [0.1, 0.15) is 31.2 Å². The summed E-state index contributed by atoms with van der Waals surface area (Å²) in [6, 6.07) is 8.24. The third-order valence-corrected chi connectivity index (χ3v) is 5.99. The molecule has 0 aromatic heterocycles. The number of nitrogens with zero attached hydrogens (tertiary/aromatic N) is 1. The lowest BCUT2D eigenvalue weighted by molar-refractivity contribution is -0.148. The van der Waals surface area contributed by atoms with Gasteiger partial charge in [0.15, 0.2) is 0 Å². The maximum absolute atomic E-state index is 11.8. The van der Waals surface area contributed by atoms with Crippen LogP contribution in [-0.4, -0.2) is 48.3 Å². The lowest BCUT2D eigenvalue weighted by atomic mass is 9.81. The molecule has 5 nitrogen and oxygen atoms in total. The molecule has 2 saturated heterocycles. The lowest BCUT2D eigenvalue weighted by Gasteiger charge is -2.24. The van der Waals surface area contributed by atoms with E-state index in [0.717, 1.165) is 38.2 Å². The molecular weight excluding hydrogens is 304 g/mol. The first-order valence-electron chi connectivity index (χ1n) is 9.08. The molecule has 0 radical (unpaired) electrons. The molecule has 2 aliphatic heterocycles. The number of benzene rings is 1. The molecule has 1 aromatic carbocycles. The fourth-order valence-electron chi connectivity index (χ4n) is 4.62. The molecule has 5 heteroatoms. The van der Waals surface area contributed by atoms with Crippen molar-refractivity contribution in [3.63, 3.8) is 0 Å². The van der Waals surface area contributed by atoms with Crippen molar-refractivity contribution < 1.29 is 14.6 Å². The van der Waals surface area contributed by atoms with Gasteiger partial charge in [0.2, 0.25) is 0 Å². The topological polar surface area (TPSA) is 61.8 Å². The summed E-state index contributed by atoms with van der Waals surface area (Å²) < 4.78 is 6.23. The highest BCUT2D eigenvalue weighted by Crippen LogP contribution is 2.40. The Morgan fingerprint density at radius 2 is 2.12 bits per heavy atom. The molecule has 130 valence electrons. The van der Waals surface area contributed by atoms with Gasteiger partial charge in [-0.05, 0) is 31.7 Å². The molecule has 0 bridgehead atoms. The molecule has 2 N–H and O–H groups in total. The number of aliphatic carboxylic acids is 1. The molecule has 0 unspecified atom stereocenters. The second-order valence-electron chi connectivity index (χ2n) is 7.59. The third kappa shape index (κ3) is 2.80. The summed E-state index contributed by atoms with van der Waals surface area (Å²) in [7, 11) is 0. The van der Waals surface area contributed by atoms with Crippen LogP contribution in [0.5, 0.6) is 5.75 Å². The Morgan fingerprint density at radius 1 is 1.33 bits per heavy atom. The van der Waals surface area contributed by atoms with Crippen molar-refractivity contribution in [2.45, 2.75) is 38.3 Å². The van der Waals surface area contributed by atoms with E-state index in [1.165, 1.54) is 18.4 Å². The molecule has 3 aliphatic rings. The van der Waals surface area contributed by atoms with E-state index in [2.05, 4.69) is 22.3 Å². The fraction of sp³-hybridized carbons (Fsp3) is 0.632. The molecular formula is C19H26N2O3. The summed E-state index contributed by atoms with van der Waals surface area (Å²) in [5.74, 6) is 0.525. The Labute approximate surface area is 143 Å². The zero-order valence-electron chi connectivity index (χ0n) is 14.0. The van der Waals surface area contributed by atoms with Gasteiger partial charge in [-0.2, -0.15) is 0 Å². The van der Waals surface area contributed by atoms with Crippen LogP contribution in [0.4, 0.5) is 0 Å². The van der Waals surface area contributed by atoms with Crippen LogP contribution in [0.3, 0.4) is 0 Å². The first kappa shape index (κ1) is 15.9. The van der Waals surface area contributed by atoms with Crippen LogP contribution in [0.15, 0.2) is 24.3 Å². The number of fused-ring (bicyclic) bond motifs is 1. The van der Waals surface area contributed by atoms with E-state index >= 15 is 0 Å². The van der Waals surface area contributed by atoms with Crippen molar-refractivity contribution in [3.8, 4) is 5.75 Å². The van der Waals surface area contributed by atoms with Gasteiger partial charge in [0.1, 0.15) is 5.75 Å². The number of nitrogens with one attached hydrogen (secondary N) is 1. The minimum Gasteiger partial charge on any atom is -0.490 e. The van der Waals surface area contributed by atoms with Crippen LogP contribution >= 0.6 is 0 Å². The minimum atomic E-state index is -0.657. The van der Waals surface area contributed by atoms with Crippen LogP contribution in [0.2, 0.25) is 0 Å². The smallest absolute Gasteiger partial charge is 0.312 e. The number of para-hydroxylation sites is 1. The van der Waals surface area contributed by atoms with Crippen molar-refractivity contribution in [3.05, 3.63) is 29.8 Å². The molecule has 1 aliphatic carbocycles. The second-order valence-corrected chi connectivity index (χ2v) is 7.59. The molecule has 1 saturated carbocycles. The largest absolute Gasteiger partial charge is 0.490 e. The van der Waals surface area contributed by atoms with Gasteiger partial charge in [-0.3, -0.25) is 9.69 Å². The predicted octanol–water partition coefficient (Wildman–Crippen LogP) is 2.11. The fourth-order valence-corrected chi connectivity index (χ4v) is 4.62. The minimum absolute atomic E-state index is 0.206. The second kappa shape index (κ2) is 6.37. The van der Waals surface area contributed by atoms with E-state index in [1.807, 2.05) is 12.1 Å². The van der Waals surface area contributed by atoms with E-state index in [9.17, 15) is 9.90 Å². The first-order valence-corrected chi connectivity index (χ1v) is 9.08. The predicted molar refractivity (Wildman–Crippen MR) is 91.0 cm³/mol. The lowest BCUT2D eigenvalue weighted by Crippen LogP contribution is -2.40. The van der Waals surface area contributed by atoms with Crippen molar-refractivity contribution in [2.24, 2.45) is 11.3 Å². The number of ether oxygens (including phenoxy) is 1. The number of carboxylic acid groups (broad SMARTS) is 1. The average Bonchev–Trinajstić information content (AvgIpc) is 3.25. The van der Waals surface area contributed by atoms with Crippen LogP contribution in [0, 0.1) is 11.3 Å². The van der Waals surface area contributed by atoms with Gasteiger partial charge in [-0.1, -0.05) is 18.2 Å². The van der Waals surface area contributed by atoms with E-state index in [4.69, 9.17) is 4.74 Å². The molecule has 3 fully saturated rings. The zero-order valence-corrected chi connectivity index (χ0v) is 14.0. The van der Waals surface area contributed by atoms with Gasteiger partial charge in [0, 0.05) is 44.2 Å². The summed E-state index contributed by atoms with van der Waals surface area (Å²) in [6.07, 6.45) is 5.16. The van der Waals surface area contributed by atoms with E-state index in [1.54, 1.807) is 0 Å². The Bertz CT molecular complexity index is 614. The highest BCUT2D eigenvalue weighted by Gasteiger charge is 2.54. The maximum Gasteiger partial charge on any atom is 0.312 e. The molecule has 4 rings (SSSR count). The summed E-state index contributed by atoms with van der Waals surface area (Å²) >= 11 is 0. The van der Waals surface area contributed by atoms with Crippen molar-refractivity contribution in [1.29, 1.82) is 0 Å². The first-order chi connectivity index (χ1) is 11.7. The number of carboxylic acids is 1. The van der Waals surface area contributed by atoms with E-state index < -0.39 is 11.4 Å². The van der Waals surface area contributed by atoms with Crippen molar-refractivity contribution >= 4 is 5.97 Å². The maximum atomic E-state index is 11.8. The monoisotopic (exact) mass is 330 g/mol. The molecule has 2 heterocycles. The molecule has 24 heavy (non-hydrogen) atoms. The Morgan fingerprint density at radius 3 is 2.88 bits per heavy atom. The Hall–Kier alpha value is -1.59. The van der Waals surface area contributed by atoms with Crippen LogP contribution < -0.4 is 10.1 Å². The standard InChI is InChI=1S/C19H26N2O3/c22-18(23)19-12-20-9-15(19)11-21(13-19)10-14-5-1-4-8-17(14)24-16-6-2-3-7-16/h1,4-5,8,15-16,20H,2-3,6-7,9-13H2,(H,22,23)/t15-,19-/m0/s1. The number of hydrogen-bond donors (Lipinski definition) is 2. The summed E-state index contributed by atoms with van der Waals surface area (Å²) in [4.78, 5) is 14.1. The van der Waals surface area contributed by atoms with Crippen molar-refractivity contribution in [2.75, 3.05) is 26.2 Å². The van der Waals surface area contributed by atoms with Gasteiger partial charge in [0.25, 0.3) is 0 Å². The quantitative estimate of drug-likeness (QED) is 0.866. The number of hydrogen-bond acceptors (Lipinski definition) is 4. The summed E-state index contributed by atoms with van der Waals surface area (Å²) in [5.41, 5.74) is 0.569. The van der Waals surface area contributed by atoms with Crippen LogP contribution in [0.25, 0.3) is 0 Å². The Kier molecular flexibility index (Phi) is 4.22. The SMILES string of the molecule is O=C(O)[C@]12CNC[C@H]1CN(Cc1ccccc1OC1CCCC1)C2. The van der Waals surface area contributed by atoms with Crippen LogP contribution in [-0.2, 0) is 11.3 Å². The van der Waals surface area contributed by atoms with Gasteiger partial charge in [-0.15, -0.1) is 0 Å². The van der Waals surface area contributed by atoms with Gasteiger partial charge in [-0.25, -0.2) is 0 Å². The summed E-state index contributed by atoms with van der Waals surface area (Å²) in [5, 5.41) is 13.0. The van der Waals surface area contributed by atoms with E-state index in [0.29, 0.717) is 19.2 Å². The average molecular weight is 330 g/mol. The van der Waals surface area contributed by atoms with Gasteiger partial charge < -0.3 is 15.2 Å². The molecule has 0 amide bonds. The molecule has 2 atom stereocenters. The highest BCUT2D eigenvalue weighted by molar-refractivity contribution is 5.77. The number of carbonyl (C=O) groups is 1. The van der Waals surface area contributed by atoms with Gasteiger partial charge >= 0.3 is 5.97 Å². The highest BCUT2D eigenvalue weighted by atomic mass is 16.5. The van der Waals surface area contributed by atoms with Crippen molar-refractivity contribution in [1.82, 2.24) is 10.2 Å². The van der Waals surface area contributed by atoms with E-state index in [-0.39, 0.29) is 5.92 Å². The number of rotatable bonds is 5. The zero-order chi connectivity index (χ0) is 16.6. The third-order valence-electron chi connectivity index (χ3n) is 5.99. The molecule has 0 spiro atoms. The Balaban J connectivity index is 1.47. The summed E-state index contributed by atoms with van der Waals surface area (Å²) in [6.45, 7) is 3.63. The van der Waals surface area contributed by atoms with Gasteiger partial charge in [0.05, 0.1) is 11.5 Å². The number of likely N-dealkylation sites (tertiary alicyclic amines) is 1.